The van der Waals surface area contributed by atoms with Gasteiger partial charge in [0.15, 0.2) is 18.9 Å². The van der Waals surface area contributed by atoms with E-state index in [0.717, 1.165) is 0 Å². The molecule has 0 aromatic rings. The number of hydrogen-bond acceptors (Lipinski definition) is 21. The van der Waals surface area contributed by atoms with Gasteiger partial charge >= 0.3 is 0 Å². The number of carbonyl (C=O) groups excluding carboxylic acids is 1. The van der Waals surface area contributed by atoms with Gasteiger partial charge in [-0.2, -0.15) is 0 Å². The Hall–Kier alpha value is -1.59. The van der Waals surface area contributed by atoms with Crippen molar-refractivity contribution in [3.05, 3.63) is 12.2 Å². The van der Waals surface area contributed by atoms with Gasteiger partial charge < -0.3 is 109 Å². The summed E-state index contributed by atoms with van der Waals surface area (Å²) in [6, 6.07) is -4.11. The predicted octanol–water partition coefficient (Wildman–Crippen LogP) is -8.84. The molecule has 0 unspecified atom stereocenters. The fraction of sp³-hybridized carbons (Fsp3) is 0.906. The molecule has 1 amide bonds. The van der Waals surface area contributed by atoms with Crippen molar-refractivity contribution < 1.29 is 69.0 Å². The molecule has 20 N–H and O–H groups in total. The van der Waals surface area contributed by atoms with E-state index in [1.54, 1.807) is 12.2 Å². The third-order valence-corrected chi connectivity index (χ3v) is 10.7. The Morgan fingerprint density at radius 3 is 2.20 bits per heavy atom. The van der Waals surface area contributed by atoms with Crippen LogP contribution in [0.2, 0.25) is 0 Å². The molecular formula is C32H60N8O14. The minimum Gasteiger partial charge on any atom is -0.394 e. The molecule has 18 atom stereocenters. The molecule has 22 heteroatoms. The average molecular weight is 781 g/mol. The van der Waals surface area contributed by atoms with Gasteiger partial charge in [0, 0.05) is 32.2 Å². The van der Waals surface area contributed by atoms with Crippen LogP contribution in [0.4, 0.5) is 0 Å². The van der Waals surface area contributed by atoms with Gasteiger partial charge in [0.25, 0.3) is 0 Å². The van der Waals surface area contributed by atoms with Crippen LogP contribution in [0.3, 0.4) is 0 Å². The zero-order valence-corrected chi connectivity index (χ0v) is 30.0. The lowest BCUT2D eigenvalue weighted by Crippen LogP contribution is -2.67. The molecular weight excluding hydrogens is 720 g/mol. The highest BCUT2D eigenvalue weighted by Crippen LogP contribution is 2.34. The lowest BCUT2D eigenvalue weighted by atomic mass is 9.83. The zero-order valence-electron chi connectivity index (χ0n) is 30.0. The monoisotopic (exact) mass is 780 g/mol. The third kappa shape index (κ3) is 10.1. The number of piperidine rings is 1. The molecule has 3 saturated heterocycles. The van der Waals surface area contributed by atoms with Crippen LogP contribution in [-0.4, -0.2) is 203 Å². The van der Waals surface area contributed by atoms with Crippen LogP contribution in [0.15, 0.2) is 12.2 Å². The minimum absolute atomic E-state index is 0.0581. The van der Waals surface area contributed by atoms with Crippen molar-refractivity contribution in [2.75, 3.05) is 45.9 Å². The van der Waals surface area contributed by atoms with Gasteiger partial charge in [-0.3, -0.25) is 4.79 Å². The predicted molar refractivity (Wildman–Crippen MR) is 185 cm³/mol. The summed E-state index contributed by atoms with van der Waals surface area (Å²) in [6.07, 6.45) is -14.0. The molecule has 312 valence electrons. The van der Waals surface area contributed by atoms with Crippen molar-refractivity contribution in [3.63, 3.8) is 0 Å². The Morgan fingerprint density at radius 1 is 0.870 bits per heavy atom. The van der Waals surface area contributed by atoms with Gasteiger partial charge in [-0.05, 0) is 32.4 Å². The van der Waals surface area contributed by atoms with E-state index in [1.165, 1.54) is 0 Å². The SMILES string of the molecule is NC[C@@H]1O[C@H](O[C@H]2[C@@H](O)[C@H](O[C@@H]3[C@@H](O)[C@H](NC(=O)[C@@H](O)CN)C[C@H](N)[C@H]3O[C@H]3O[C@H](CNCC4(O)CCNCC4)C=C[C@H]3N)O[C@@H]2CO)[C@H](N)[C@@H](O)[C@@H]1O. The van der Waals surface area contributed by atoms with E-state index < -0.39 is 128 Å². The molecule has 0 aromatic carbocycles. The maximum Gasteiger partial charge on any atom is 0.250 e. The fourth-order valence-corrected chi connectivity index (χ4v) is 7.37. The van der Waals surface area contributed by atoms with E-state index in [-0.39, 0.29) is 19.5 Å². The zero-order chi connectivity index (χ0) is 39.3. The molecule has 1 saturated carbocycles. The third-order valence-electron chi connectivity index (χ3n) is 10.7. The van der Waals surface area contributed by atoms with Crippen molar-refractivity contribution in [1.29, 1.82) is 0 Å². The Balaban J connectivity index is 1.30. The van der Waals surface area contributed by atoms with Crippen LogP contribution in [0.5, 0.6) is 0 Å². The first-order valence-electron chi connectivity index (χ1n) is 18.4. The lowest BCUT2D eigenvalue weighted by molar-refractivity contribution is -0.284. The van der Waals surface area contributed by atoms with Gasteiger partial charge in [0.2, 0.25) is 5.91 Å². The second kappa shape index (κ2) is 19.2. The lowest BCUT2D eigenvalue weighted by Gasteiger charge is -2.46. The molecule has 5 aliphatic rings. The summed E-state index contributed by atoms with van der Waals surface area (Å²) in [5, 5.41) is 83.7. The number of hydrogen-bond donors (Lipinski definition) is 15. The van der Waals surface area contributed by atoms with Crippen LogP contribution in [0.25, 0.3) is 0 Å². The summed E-state index contributed by atoms with van der Waals surface area (Å²) >= 11 is 0. The number of amides is 1. The maximum absolute atomic E-state index is 12.6. The van der Waals surface area contributed by atoms with Gasteiger partial charge in [0.1, 0.15) is 61.0 Å². The molecule has 0 spiro atoms. The molecule has 54 heavy (non-hydrogen) atoms. The highest BCUT2D eigenvalue weighted by Gasteiger charge is 2.54. The normalized spacial score (nSPS) is 44.6. The summed E-state index contributed by atoms with van der Waals surface area (Å²) in [5.41, 5.74) is 29.3. The number of carbonyl (C=O) groups is 1. The summed E-state index contributed by atoms with van der Waals surface area (Å²) < 4.78 is 36.0. The van der Waals surface area contributed by atoms with Gasteiger partial charge in [-0.15, -0.1) is 0 Å². The van der Waals surface area contributed by atoms with Crippen molar-refractivity contribution in [2.24, 2.45) is 28.7 Å². The number of aliphatic hydroxyl groups excluding tert-OH is 6. The number of aliphatic hydroxyl groups is 7. The first-order valence-corrected chi connectivity index (χ1v) is 18.4. The van der Waals surface area contributed by atoms with Gasteiger partial charge in [-0.1, -0.05) is 12.2 Å². The number of nitrogens with two attached hydrogens (primary N) is 5. The van der Waals surface area contributed by atoms with Crippen LogP contribution in [0.1, 0.15) is 19.3 Å². The van der Waals surface area contributed by atoms with Crippen molar-refractivity contribution >= 4 is 5.91 Å². The van der Waals surface area contributed by atoms with Crippen molar-refractivity contribution in [3.8, 4) is 0 Å². The van der Waals surface area contributed by atoms with Gasteiger partial charge in [-0.25, -0.2) is 0 Å². The molecule has 4 heterocycles. The first kappa shape index (κ1) is 43.5. The van der Waals surface area contributed by atoms with Crippen molar-refractivity contribution in [1.82, 2.24) is 16.0 Å². The van der Waals surface area contributed by atoms with E-state index in [0.29, 0.717) is 39.0 Å². The minimum atomic E-state index is -1.67. The first-order chi connectivity index (χ1) is 25.7. The molecule has 4 fully saturated rings. The number of rotatable bonds is 15. The standard InChI is InChI=1S/C32H60N8O14/c33-8-17(42)28(47)40-16-7-15(36)25(52-29-14(35)2-1-13(49-29)10-39-12-32(48)3-5-38-6-4-32)27(21(16)43)54-31-24(46)26(19(11-41)51-31)53-30-20(37)23(45)22(44)18(9-34)50-30/h1-2,13-27,29-31,38-39,41-46,48H,3-12,33-37H2,(H,40,47)/t13-,14+,15-,16+,17-,18-,19+,20+,21-,22+,23+,24+,25+,26+,27+,29+,30+,31-/m0/s1. The van der Waals surface area contributed by atoms with E-state index in [1.807, 2.05) is 0 Å². The maximum atomic E-state index is 12.6. The molecule has 0 bridgehead atoms. The number of ether oxygens (including phenoxy) is 6. The van der Waals surface area contributed by atoms with Crippen LogP contribution < -0.4 is 44.6 Å². The second-order valence-electron chi connectivity index (χ2n) is 14.7. The van der Waals surface area contributed by atoms with Crippen molar-refractivity contribution in [2.45, 2.75) is 135 Å². The largest absolute Gasteiger partial charge is 0.394 e. The van der Waals surface area contributed by atoms with Crippen LogP contribution in [-0.2, 0) is 33.2 Å². The summed E-state index contributed by atoms with van der Waals surface area (Å²) in [7, 11) is 0. The molecule has 4 aliphatic heterocycles. The molecule has 5 rings (SSSR count). The Morgan fingerprint density at radius 2 is 1.54 bits per heavy atom. The number of nitrogens with one attached hydrogen (secondary N) is 3. The Bertz CT molecular complexity index is 1220. The molecule has 1 aliphatic carbocycles. The van der Waals surface area contributed by atoms with E-state index in [2.05, 4.69) is 16.0 Å². The topological polar surface area (TPSA) is 380 Å². The summed E-state index contributed by atoms with van der Waals surface area (Å²) in [6.45, 7) is 0.833. The summed E-state index contributed by atoms with van der Waals surface area (Å²) in [5.74, 6) is -0.864. The van der Waals surface area contributed by atoms with E-state index in [9.17, 15) is 40.5 Å². The molecule has 22 nitrogen and oxygen atoms in total. The van der Waals surface area contributed by atoms with Crippen LogP contribution in [0, 0.1) is 0 Å². The van der Waals surface area contributed by atoms with E-state index in [4.69, 9.17) is 57.1 Å². The summed E-state index contributed by atoms with van der Waals surface area (Å²) in [4.78, 5) is 12.6. The molecule has 0 aromatic heterocycles. The smallest absolute Gasteiger partial charge is 0.250 e. The second-order valence-corrected chi connectivity index (χ2v) is 14.7. The molecule has 0 radical (unpaired) electrons. The fourth-order valence-electron chi connectivity index (χ4n) is 7.37. The van der Waals surface area contributed by atoms with Gasteiger partial charge in [0.05, 0.1) is 36.4 Å². The average Bonchev–Trinajstić information content (AvgIpc) is 3.45. The van der Waals surface area contributed by atoms with E-state index >= 15 is 0 Å². The highest BCUT2D eigenvalue weighted by molar-refractivity contribution is 5.81. The Labute approximate surface area is 312 Å². The Kier molecular flexibility index (Phi) is 15.5. The quantitative estimate of drug-likeness (QED) is 0.0686. The van der Waals surface area contributed by atoms with Crippen LogP contribution >= 0.6 is 0 Å². The highest BCUT2D eigenvalue weighted by atomic mass is 16.8.